The molecule has 1 N–H and O–H groups in total. The number of carbonyl (C=O) groups excluding carboxylic acids is 1. The van der Waals surface area contributed by atoms with Gasteiger partial charge in [0.2, 0.25) is 0 Å². The molecule has 2 saturated heterocycles. The zero-order valence-electron chi connectivity index (χ0n) is 16.8. The highest BCUT2D eigenvalue weighted by Gasteiger charge is 2.22. The summed E-state index contributed by atoms with van der Waals surface area (Å²) in [6.07, 6.45) is 5.09. The second-order valence-corrected chi connectivity index (χ2v) is 9.32. The minimum atomic E-state index is -0.135. The normalized spacial score (nSPS) is 22.0. The molecule has 2 aliphatic heterocycles. The van der Waals surface area contributed by atoms with Crippen LogP contribution in [0.1, 0.15) is 53.6 Å². The van der Waals surface area contributed by atoms with Gasteiger partial charge >= 0.3 is 0 Å². The highest BCUT2D eigenvalue weighted by atomic mass is 35.5. The van der Waals surface area contributed by atoms with Crippen molar-refractivity contribution < 1.29 is 9.53 Å². The topological polar surface area (TPSA) is 54.5 Å². The van der Waals surface area contributed by atoms with Gasteiger partial charge in [0.25, 0.3) is 5.91 Å². The summed E-state index contributed by atoms with van der Waals surface area (Å²) in [5.74, 6) is 2.19. The van der Waals surface area contributed by atoms with E-state index in [1.807, 2.05) is 25.1 Å². The average molecular weight is 432 g/mol. The van der Waals surface area contributed by atoms with E-state index in [1.165, 1.54) is 0 Å². The Bertz CT molecular complexity index is 902. The molecule has 0 bridgehead atoms. The van der Waals surface area contributed by atoms with Crippen molar-refractivity contribution in [1.29, 1.82) is 0 Å². The summed E-state index contributed by atoms with van der Waals surface area (Å²) in [5.41, 5.74) is 3.38. The number of rotatable bonds is 4. The van der Waals surface area contributed by atoms with Crippen molar-refractivity contribution >= 4 is 41.0 Å². The van der Waals surface area contributed by atoms with Gasteiger partial charge < -0.3 is 14.4 Å². The highest BCUT2D eigenvalue weighted by Crippen LogP contribution is 2.34. The Kier molecular flexibility index (Phi) is 6.32. The quantitative estimate of drug-likeness (QED) is 0.653. The Balaban J connectivity index is 1.54. The maximum atomic E-state index is 13.0. The van der Waals surface area contributed by atoms with Gasteiger partial charge in [-0.25, -0.2) is 4.98 Å². The fourth-order valence-corrected chi connectivity index (χ4v) is 5.15. The zero-order valence-corrected chi connectivity index (χ0v) is 18.4. The highest BCUT2D eigenvalue weighted by molar-refractivity contribution is 8.00. The lowest BCUT2D eigenvalue weighted by molar-refractivity contribution is 0.0186. The Labute approximate surface area is 181 Å². The molecule has 7 heteroatoms. The Morgan fingerprint density at radius 3 is 2.97 bits per heavy atom. The molecule has 2 aliphatic rings. The van der Waals surface area contributed by atoms with Crippen molar-refractivity contribution in [2.75, 3.05) is 28.5 Å². The van der Waals surface area contributed by atoms with Crippen molar-refractivity contribution in [1.82, 2.24) is 4.98 Å². The van der Waals surface area contributed by atoms with Crippen LogP contribution in [0.25, 0.3) is 0 Å². The van der Waals surface area contributed by atoms with Gasteiger partial charge in [-0.3, -0.25) is 4.79 Å². The van der Waals surface area contributed by atoms with E-state index in [9.17, 15) is 4.79 Å². The monoisotopic (exact) mass is 431 g/mol. The van der Waals surface area contributed by atoms with Crippen LogP contribution in [0.5, 0.6) is 0 Å². The number of carbonyl (C=O) groups is 1. The lowest BCUT2D eigenvalue weighted by atomic mass is 9.89. The van der Waals surface area contributed by atoms with Gasteiger partial charge in [0, 0.05) is 41.4 Å². The lowest BCUT2D eigenvalue weighted by Crippen LogP contribution is -2.22. The van der Waals surface area contributed by atoms with Gasteiger partial charge in [-0.2, -0.15) is 0 Å². The largest absolute Gasteiger partial charge is 0.378 e. The van der Waals surface area contributed by atoms with Gasteiger partial charge in [-0.05, 0) is 86.4 Å². The van der Waals surface area contributed by atoms with Crippen LogP contribution in [0, 0.1) is 6.92 Å². The van der Waals surface area contributed by atoms with Crippen LogP contribution < -0.4 is 9.62 Å². The lowest BCUT2D eigenvalue weighted by Gasteiger charge is -2.28. The van der Waals surface area contributed by atoms with E-state index < -0.39 is 0 Å². The standard InChI is InChI=1S/C22H26ClN3O2S/c1-14-13-24-21(26-5-3-7-29-26)12-20(14)22(27)25-19-10-17(9-18(23)11-19)16-4-6-28-15(2)8-16/h9-13,15-16H,3-8H2,1-2H3,(H,25,27). The van der Waals surface area contributed by atoms with Crippen molar-refractivity contribution in [2.45, 2.75) is 45.1 Å². The second-order valence-electron chi connectivity index (χ2n) is 7.78. The molecule has 2 atom stereocenters. The van der Waals surface area contributed by atoms with Crippen molar-refractivity contribution in [2.24, 2.45) is 0 Å². The molecule has 0 spiro atoms. The molecular weight excluding hydrogens is 406 g/mol. The van der Waals surface area contributed by atoms with Crippen molar-refractivity contribution in [3.63, 3.8) is 0 Å². The molecule has 1 amide bonds. The molecule has 2 aromatic rings. The molecule has 2 fully saturated rings. The number of hydrogen-bond acceptors (Lipinski definition) is 5. The van der Waals surface area contributed by atoms with E-state index in [1.54, 1.807) is 24.2 Å². The molecule has 4 rings (SSSR count). The smallest absolute Gasteiger partial charge is 0.256 e. The summed E-state index contributed by atoms with van der Waals surface area (Å²) in [5, 5.41) is 3.68. The van der Waals surface area contributed by atoms with Crippen molar-refractivity contribution in [3.05, 3.63) is 52.2 Å². The number of halogens is 1. The van der Waals surface area contributed by atoms with E-state index >= 15 is 0 Å². The summed E-state index contributed by atoms with van der Waals surface area (Å²) in [6, 6.07) is 7.73. The van der Waals surface area contributed by atoms with E-state index in [0.29, 0.717) is 16.5 Å². The molecule has 1 aromatic heterocycles. The van der Waals surface area contributed by atoms with Crippen LogP contribution in [0.3, 0.4) is 0 Å². The van der Waals surface area contributed by atoms with Gasteiger partial charge in [0.1, 0.15) is 5.82 Å². The number of hydrogen-bond donors (Lipinski definition) is 1. The Morgan fingerprint density at radius 2 is 2.21 bits per heavy atom. The summed E-state index contributed by atoms with van der Waals surface area (Å²) in [7, 11) is 0. The Morgan fingerprint density at radius 1 is 1.34 bits per heavy atom. The molecular formula is C22H26ClN3O2S. The molecule has 29 heavy (non-hydrogen) atoms. The fraction of sp³-hybridized carbons (Fsp3) is 0.455. The van der Waals surface area contributed by atoms with Crippen LogP contribution >= 0.6 is 23.5 Å². The predicted octanol–water partition coefficient (Wildman–Crippen LogP) is 5.44. The van der Waals surface area contributed by atoms with Crippen LogP contribution in [-0.4, -0.2) is 35.9 Å². The Hall–Kier alpha value is -1.76. The first-order valence-corrected chi connectivity index (χ1v) is 11.4. The molecule has 0 radical (unpaired) electrons. The molecule has 0 saturated carbocycles. The van der Waals surface area contributed by atoms with Gasteiger partial charge in [0.05, 0.1) is 6.10 Å². The van der Waals surface area contributed by atoms with E-state index in [-0.39, 0.29) is 12.0 Å². The molecule has 1 aromatic carbocycles. The third-order valence-corrected chi connectivity index (χ3v) is 6.85. The fourth-order valence-electron chi connectivity index (χ4n) is 3.94. The summed E-state index contributed by atoms with van der Waals surface area (Å²) in [4.78, 5) is 17.5. The molecule has 154 valence electrons. The average Bonchev–Trinajstić information content (AvgIpc) is 3.22. The summed E-state index contributed by atoms with van der Waals surface area (Å²) in [6.45, 7) is 5.73. The first-order valence-electron chi connectivity index (χ1n) is 10.1. The minimum absolute atomic E-state index is 0.135. The van der Waals surface area contributed by atoms with E-state index in [4.69, 9.17) is 16.3 Å². The summed E-state index contributed by atoms with van der Waals surface area (Å²) >= 11 is 8.13. The number of nitrogens with one attached hydrogen (secondary N) is 1. The number of benzene rings is 1. The number of aryl methyl sites for hydroxylation is 1. The number of anilines is 2. The van der Waals surface area contributed by atoms with E-state index in [2.05, 4.69) is 21.5 Å². The van der Waals surface area contributed by atoms with Gasteiger partial charge in [-0.1, -0.05) is 11.6 Å². The molecule has 2 unspecified atom stereocenters. The third kappa shape index (κ3) is 4.87. The molecule has 0 aliphatic carbocycles. The zero-order chi connectivity index (χ0) is 20.4. The third-order valence-electron chi connectivity index (χ3n) is 5.48. The van der Waals surface area contributed by atoms with Crippen LogP contribution in [0.2, 0.25) is 5.02 Å². The number of aromatic nitrogens is 1. The van der Waals surface area contributed by atoms with Crippen LogP contribution in [0.4, 0.5) is 11.5 Å². The first-order chi connectivity index (χ1) is 14.0. The van der Waals surface area contributed by atoms with E-state index in [0.717, 1.165) is 60.8 Å². The maximum absolute atomic E-state index is 13.0. The maximum Gasteiger partial charge on any atom is 0.256 e. The second kappa shape index (κ2) is 8.94. The molecule has 3 heterocycles. The molecule has 5 nitrogen and oxygen atoms in total. The first kappa shape index (κ1) is 20.5. The number of nitrogens with zero attached hydrogens (tertiary/aromatic N) is 2. The summed E-state index contributed by atoms with van der Waals surface area (Å²) < 4.78 is 7.82. The minimum Gasteiger partial charge on any atom is -0.378 e. The SMILES string of the molecule is Cc1cnc(N2CCCS2)cc1C(=O)Nc1cc(Cl)cc(C2CCOC(C)C2)c1. The predicted molar refractivity (Wildman–Crippen MR) is 120 cm³/mol. The van der Waals surface area contributed by atoms with Gasteiger partial charge in [-0.15, -0.1) is 0 Å². The van der Waals surface area contributed by atoms with Crippen LogP contribution in [-0.2, 0) is 4.74 Å². The number of pyridine rings is 1. The number of amides is 1. The number of ether oxygens (including phenoxy) is 1. The van der Waals surface area contributed by atoms with Gasteiger partial charge in [0.15, 0.2) is 0 Å². The van der Waals surface area contributed by atoms with Crippen molar-refractivity contribution in [3.8, 4) is 0 Å². The van der Waals surface area contributed by atoms with Crippen LogP contribution in [0.15, 0.2) is 30.5 Å².